The van der Waals surface area contributed by atoms with E-state index in [1.807, 2.05) is 0 Å². The van der Waals surface area contributed by atoms with Gasteiger partial charge in [-0.15, -0.1) is 0 Å². The minimum absolute atomic E-state index is 0.418. The van der Waals surface area contributed by atoms with Crippen molar-refractivity contribution in [2.45, 2.75) is 40.0 Å². The van der Waals surface area contributed by atoms with Gasteiger partial charge in [0.05, 0.1) is 0 Å². The molecular weight excluding hydrogens is 434 g/mol. The lowest BCUT2D eigenvalue weighted by Crippen LogP contribution is -2.23. The van der Waals surface area contributed by atoms with E-state index in [2.05, 4.69) is 78.1 Å². The van der Waals surface area contributed by atoms with Crippen LogP contribution in [0.2, 0.25) is 0 Å². The van der Waals surface area contributed by atoms with E-state index in [4.69, 9.17) is 0 Å². The maximum atomic E-state index is 2.54. The van der Waals surface area contributed by atoms with Gasteiger partial charge in [0.2, 0.25) is 0 Å². The lowest BCUT2D eigenvalue weighted by atomic mass is 9.75. The molecule has 2 heteroatoms. The Morgan fingerprint density at radius 3 is 2.71 bits per heavy atom. The normalized spacial score (nSPS) is 35.2. The van der Waals surface area contributed by atoms with Gasteiger partial charge in [0.15, 0.2) is 0 Å². The maximum Gasteiger partial charge on any atom is 0.00900 e. The highest BCUT2D eigenvalue weighted by molar-refractivity contribution is 14.1. The molecule has 96 valence electrons. The molecule has 0 spiro atoms. The first-order valence-electron chi connectivity index (χ1n) is 6.66. The molecule has 17 heavy (non-hydrogen) atoms. The summed E-state index contributed by atoms with van der Waals surface area (Å²) in [6.45, 7) is 7.34. The first-order chi connectivity index (χ1) is 8.02. The number of alkyl halides is 1. The predicted molar refractivity (Wildman–Crippen MR) is 92.8 cm³/mol. The van der Waals surface area contributed by atoms with Gasteiger partial charge in [-0.3, -0.25) is 0 Å². The Kier molecular flexibility index (Phi) is 4.65. The summed E-state index contributed by atoms with van der Waals surface area (Å²) >= 11 is 5.02. The number of hydrogen-bond donors (Lipinski definition) is 0. The Hall–Kier alpha value is 0.940. The molecule has 0 aromatic heterocycles. The Bertz CT molecular complexity index is 352. The molecular formula is C15H22I2. The van der Waals surface area contributed by atoms with Crippen LogP contribution in [-0.4, -0.2) is 4.43 Å². The smallest absolute Gasteiger partial charge is 0.00900 e. The van der Waals surface area contributed by atoms with Crippen LogP contribution in [0.25, 0.3) is 0 Å². The van der Waals surface area contributed by atoms with E-state index in [-0.39, 0.29) is 0 Å². The van der Waals surface area contributed by atoms with E-state index < -0.39 is 0 Å². The third-order valence-corrected chi connectivity index (χ3v) is 6.23. The molecule has 0 aromatic rings. The van der Waals surface area contributed by atoms with E-state index in [9.17, 15) is 0 Å². The summed E-state index contributed by atoms with van der Waals surface area (Å²) in [5.41, 5.74) is 2.16. The highest BCUT2D eigenvalue weighted by atomic mass is 127. The summed E-state index contributed by atoms with van der Waals surface area (Å²) < 4.78 is 2.75. The van der Waals surface area contributed by atoms with Crippen LogP contribution in [0.15, 0.2) is 21.3 Å². The van der Waals surface area contributed by atoms with Gasteiger partial charge in [-0.05, 0) is 69.1 Å². The quantitative estimate of drug-likeness (QED) is 0.375. The van der Waals surface area contributed by atoms with Gasteiger partial charge >= 0.3 is 0 Å². The second-order valence-electron chi connectivity index (χ2n) is 5.91. The summed E-state index contributed by atoms with van der Waals surface area (Å²) in [6.07, 6.45) is 8.92. The largest absolute Gasteiger partial charge is 0.0864 e. The van der Waals surface area contributed by atoms with Crippen molar-refractivity contribution in [3.05, 3.63) is 21.3 Å². The number of fused-ring (bicyclic) bond motifs is 1. The van der Waals surface area contributed by atoms with Gasteiger partial charge in [-0.25, -0.2) is 0 Å². The molecule has 0 heterocycles. The molecule has 0 amide bonds. The van der Waals surface area contributed by atoms with Gasteiger partial charge in [0.1, 0.15) is 0 Å². The molecule has 0 aliphatic heterocycles. The molecule has 1 fully saturated rings. The molecule has 3 unspecified atom stereocenters. The van der Waals surface area contributed by atoms with Crippen LogP contribution < -0.4 is 0 Å². The van der Waals surface area contributed by atoms with Gasteiger partial charge in [0.25, 0.3) is 0 Å². The molecule has 0 aromatic carbocycles. The van der Waals surface area contributed by atoms with Crippen molar-refractivity contribution in [3.8, 4) is 0 Å². The molecule has 0 N–H and O–H groups in total. The number of allylic oxidation sites excluding steroid dienone is 4. The average molecular weight is 456 g/mol. The van der Waals surface area contributed by atoms with Gasteiger partial charge in [-0.1, -0.05) is 61.4 Å². The fourth-order valence-electron chi connectivity index (χ4n) is 4.04. The van der Waals surface area contributed by atoms with Crippen molar-refractivity contribution in [1.29, 1.82) is 0 Å². The molecule has 1 saturated carbocycles. The van der Waals surface area contributed by atoms with E-state index in [1.165, 1.54) is 27.3 Å². The van der Waals surface area contributed by atoms with Crippen LogP contribution in [0.5, 0.6) is 0 Å². The minimum atomic E-state index is 0.418. The second kappa shape index (κ2) is 5.51. The fourth-order valence-corrected chi connectivity index (χ4v) is 5.30. The van der Waals surface area contributed by atoms with E-state index >= 15 is 0 Å². The zero-order chi connectivity index (χ0) is 12.6. The van der Waals surface area contributed by atoms with Crippen LogP contribution >= 0.6 is 45.2 Å². The third-order valence-electron chi connectivity index (χ3n) is 4.86. The molecule has 2 aliphatic carbocycles. The molecule has 0 bridgehead atoms. The Balaban J connectivity index is 2.37. The van der Waals surface area contributed by atoms with Gasteiger partial charge in [0, 0.05) is 3.58 Å². The number of rotatable bonds is 3. The second-order valence-corrected chi connectivity index (χ2v) is 8.23. The van der Waals surface area contributed by atoms with Crippen molar-refractivity contribution < 1.29 is 0 Å². The number of hydrogen-bond acceptors (Lipinski definition) is 0. The topological polar surface area (TPSA) is 0 Å². The summed E-state index contributed by atoms with van der Waals surface area (Å²) in [4.78, 5) is 0. The monoisotopic (exact) mass is 456 g/mol. The molecule has 3 atom stereocenters. The van der Waals surface area contributed by atoms with Gasteiger partial charge in [-0.2, -0.15) is 0 Å². The van der Waals surface area contributed by atoms with Crippen molar-refractivity contribution in [3.63, 3.8) is 0 Å². The highest BCUT2D eigenvalue weighted by Gasteiger charge is 2.50. The van der Waals surface area contributed by atoms with Crippen molar-refractivity contribution in [2.24, 2.45) is 23.2 Å². The Morgan fingerprint density at radius 2 is 2.12 bits per heavy atom. The van der Waals surface area contributed by atoms with E-state index in [1.54, 1.807) is 5.57 Å². The summed E-state index contributed by atoms with van der Waals surface area (Å²) in [6, 6.07) is 0. The first-order valence-corrected chi connectivity index (χ1v) is 9.26. The van der Waals surface area contributed by atoms with E-state index in [0.717, 1.165) is 17.8 Å². The molecule has 2 aliphatic rings. The van der Waals surface area contributed by atoms with Crippen LogP contribution in [0.3, 0.4) is 0 Å². The summed E-state index contributed by atoms with van der Waals surface area (Å²) in [5, 5.41) is 0. The van der Waals surface area contributed by atoms with Crippen LogP contribution in [0.1, 0.15) is 40.0 Å². The van der Waals surface area contributed by atoms with Crippen molar-refractivity contribution >= 4 is 45.2 Å². The molecule has 2 rings (SSSR count). The summed E-state index contributed by atoms with van der Waals surface area (Å²) in [7, 11) is 0. The number of halogens is 2. The van der Waals surface area contributed by atoms with Crippen molar-refractivity contribution in [2.75, 3.05) is 4.43 Å². The Labute approximate surface area is 133 Å². The minimum Gasteiger partial charge on any atom is -0.0864 e. The lowest BCUT2D eigenvalue weighted by Gasteiger charge is -2.31. The van der Waals surface area contributed by atoms with Crippen LogP contribution in [0.4, 0.5) is 0 Å². The van der Waals surface area contributed by atoms with Gasteiger partial charge < -0.3 is 0 Å². The molecule has 0 nitrogen and oxygen atoms in total. The third kappa shape index (κ3) is 2.49. The summed E-state index contributed by atoms with van der Waals surface area (Å²) in [5.74, 6) is 2.63. The first kappa shape index (κ1) is 14.4. The average Bonchev–Trinajstić information content (AvgIpc) is 2.49. The lowest BCUT2D eigenvalue weighted by molar-refractivity contribution is 0.216. The Morgan fingerprint density at radius 1 is 1.41 bits per heavy atom. The van der Waals surface area contributed by atoms with Crippen LogP contribution in [-0.2, 0) is 0 Å². The molecule has 0 saturated heterocycles. The van der Waals surface area contributed by atoms with Crippen LogP contribution in [0, 0.1) is 23.2 Å². The SMILES string of the molecule is CCC1C2CC=C(I)C=C2C(C)(C)C1CCI. The van der Waals surface area contributed by atoms with E-state index in [0.29, 0.717) is 5.41 Å². The maximum absolute atomic E-state index is 2.54. The fraction of sp³-hybridized carbons (Fsp3) is 0.733. The standard InChI is InChI=1S/C15H22I2/c1-4-11-12-6-5-10(17)9-14(12)15(2,3)13(11)7-8-16/h5,9,11-13H,4,6-8H2,1-3H3. The zero-order valence-electron chi connectivity index (χ0n) is 11.0. The highest BCUT2D eigenvalue weighted by Crippen LogP contribution is 2.59. The zero-order valence-corrected chi connectivity index (χ0v) is 15.3. The van der Waals surface area contributed by atoms with Crippen molar-refractivity contribution in [1.82, 2.24) is 0 Å². The molecule has 0 radical (unpaired) electrons. The predicted octanol–water partition coefficient (Wildman–Crippen LogP) is 5.76.